The van der Waals surface area contributed by atoms with E-state index in [4.69, 9.17) is 20.6 Å². The number of carbonyl (C=O) groups excluding carboxylic acids is 1. The van der Waals surface area contributed by atoms with Crippen molar-refractivity contribution >= 4 is 17.5 Å². The Morgan fingerprint density at radius 2 is 2.11 bits per heavy atom. The van der Waals surface area contributed by atoms with Crippen LogP contribution in [0.5, 0.6) is 0 Å². The number of aromatic nitrogens is 2. The van der Waals surface area contributed by atoms with Crippen molar-refractivity contribution in [3.63, 3.8) is 0 Å². The number of aryl methyl sites for hydroxylation is 2. The van der Waals surface area contributed by atoms with Crippen LogP contribution in [0.3, 0.4) is 0 Å². The summed E-state index contributed by atoms with van der Waals surface area (Å²) in [5, 5.41) is 8.14. The Morgan fingerprint density at radius 1 is 1.30 bits per heavy atom. The standard InChI is InChI=1S/C19H17ClFN3O3/c1-10-9-14(22-26-10)15-7-4-8-24(15)19(25)16-11(2)27-23-18(16)17-12(20)5-3-6-13(17)21/h3,5-6,9,15H,4,7-8H2,1-2H3/t15-/m0/s1. The molecular weight excluding hydrogens is 373 g/mol. The Kier molecular flexibility index (Phi) is 4.47. The van der Waals surface area contributed by atoms with Gasteiger partial charge < -0.3 is 13.9 Å². The molecule has 0 saturated carbocycles. The smallest absolute Gasteiger partial charge is 0.260 e. The van der Waals surface area contributed by atoms with Crippen molar-refractivity contribution in [2.45, 2.75) is 32.7 Å². The molecule has 1 saturated heterocycles. The highest BCUT2D eigenvalue weighted by Crippen LogP contribution is 2.37. The summed E-state index contributed by atoms with van der Waals surface area (Å²) in [6, 6.07) is 5.95. The van der Waals surface area contributed by atoms with Crippen LogP contribution in [0.1, 0.15) is 46.5 Å². The zero-order valence-electron chi connectivity index (χ0n) is 14.8. The maximum absolute atomic E-state index is 14.4. The number of nitrogens with zero attached hydrogens (tertiary/aromatic N) is 3. The van der Waals surface area contributed by atoms with Gasteiger partial charge in [0.05, 0.1) is 16.6 Å². The quantitative estimate of drug-likeness (QED) is 0.648. The van der Waals surface area contributed by atoms with Gasteiger partial charge in [-0.05, 0) is 38.8 Å². The summed E-state index contributed by atoms with van der Waals surface area (Å²) in [5.41, 5.74) is 1.10. The van der Waals surface area contributed by atoms with Gasteiger partial charge in [0.15, 0.2) is 0 Å². The van der Waals surface area contributed by atoms with Crippen molar-refractivity contribution in [1.29, 1.82) is 0 Å². The van der Waals surface area contributed by atoms with E-state index in [1.54, 1.807) is 24.8 Å². The number of hydrogen-bond donors (Lipinski definition) is 0. The lowest BCUT2D eigenvalue weighted by atomic mass is 10.0. The molecule has 3 heterocycles. The van der Waals surface area contributed by atoms with Gasteiger partial charge in [0.25, 0.3) is 5.91 Å². The lowest BCUT2D eigenvalue weighted by Crippen LogP contribution is -2.31. The minimum Gasteiger partial charge on any atom is -0.361 e. The molecule has 0 unspecified atom stereocenters. The van der Waals surface area contributed by atoms with E-state index >= 15 is 0 Å². The highest BCUT2D eigenvalue weighted by Gasteiger charge is 2.36. The van der Waals surface area contributed by atoms with Gasteiger partial charge in [-0.3, -0.25) is 4.79 Å². The van der Waals surface area contributed by atoms with Crippen LogP contribution in [0.15, 0.2) is 33.3 Å². The van der Waals surface area contributed by atoms with E-state index in [2.05, 4.69) is 10.3 Å². The number of benzene rings is 1. The molecule has 0 bridgehead atoms. The van der Waals surface area contributed by atoms with Gasteiger partial charge in [-0.1, -0.05) is 28.0 Å². The Morgan fingerprint density at radius 3 is 2.81 bits per heavy atom. The van der Waals surface area contributed by atoms with Gasteiger partial charge in [0.2, 0.25) is 0 Å². The zero-order valence-corrected chi connectivity index (χ0v) is 15.6. The largest absolute Gasteiger partial charge is 0.361 e. The van der Waals surface area contributed by atoms with Crippen LogP contribution in [-0.4, -0.2) is 27.7 Å². The van der Waals surface area contributed by atoms with Gasteiger partial charge in [-0.15, -0.1) is 0 Å². The van der Waals surface area contributed by atoms with Gasteiger partial charge in [-0.25, -0.2) is 4.39 Å². The summed E-state index contributed by atoms with van der Waals surface area (Å²) in [5.74, 6) is 0.154. The second kappa shape index (κ2) is 6.81. The number of likely N-dealkylation sites (tertiary alicyclic amines) is 1. The molecule has 6 nitrogen and oxygen atoms in total. The van der Waals surface area contributed by atoms with E-state index in [1.807, 2.05) is 6.07 Å². The third kappa shape index (κ3) is 3.02. The van der Waals surface area contributed by atoms with Crippen LogP contribution in [0.2, 0.25) is 5.02 Å². The van der Waals surface area contributed by atoms with Gasteiger partial charge in [0.1, 0.15) is 34.3 Å². The van der Waals surface area contributed by atoms with E-state index in [0.29, 0.717) is 23.8 Å². The molecule has 1 amide bonds. The van der Waals surface area contributed by atoms with Crippen LogP contribution in [0.25, 0.3) is 11.3 Å². The van der Waals surface area contributed by atoms with E-state index in [-0.39, 0.29) is 33.8 Å². The molecule has 0 spiro atoms. The summed E-state index contributed by atoms with van der Waals surface area (Å²) in [6.45, 7) is 3.99. The highest BCUT2D eigenvalue weighted by molar-refractivity contribution is 6.33. The molecule has 1 aromatic carbocycles. The third-order valence-electron chi connectivity index (χ3n) is 4.78. The number of amides is 1. The predicted octanol–water partition coefficient (Wildman–Crippen LogP) is 4.72. The van der Waals surface area contributed by atoms with Crippen LogP contribution in [0, 0.1) is 19.7 Å². The predicted molar refractivity (Wildman–Crippen MR) is 95.9 cm³/mol. The minimum atomic E-state index is -0.560. The first-order valence-electron chi connectivity index (χ1n) is 8.62. The molecule has 3 aromatic rings. The third-order valence-corrected chi connectivity index (χ3v) is 5.09. The summed E-state index contributed by atoms with van der Waals surface area (Å²) in [7, 11) is 0. The Bertz CT molecular complexity index is 993. The summed E-state index contributed by atoms with van der Waals surface area (Å²) >= 11 is 6.17. The summed E-state index contributed by atoms with van der Waals surface area (Å²) in [6.07, 6.45) is 1.61. The molecule has 2 aromatic heterocycles. The van der Waals surface area contributed by atoms with Crippen LogP contribution < -0.4 is 0 Å². The second-order valence-electron chi connectivity index (χ2n) is 6.58. The molecule has 0 N–H and O–H groups in total. The lowest BCUT2D eigenvalue weighted by molar-refractivity contribution is 0.0729. The fourth-order valence-corrected chi connectivity index (χ4v) is 3.77. The number of rotatable bonds is 3. The maximum Gasteiger partial charge on any atom is 0.260 e. The Labute approximate surface area is 159 Å². The molecule has 0 radical (unpaired) electrons. The molecule has 140 valence electrons. The number of hydrogen-bond acceptors (Lipinski definition) is 5. The molecule has 4 rings (SSSR count). The highest BCUT2D eigenvalue weighted by atomic mass is 35.5. The van der Waals surface area contributed by atoms with Crippen molar-refractivity contribution in [2.24, 2.45) is 0 Å². The van der Waals surface area contributed by atoms with Crippen LogP contribution in [0.4, 0.5) is 4.39 Å². The van der Waals surface area contributed by atoms with Crippen molar-refractivity contribution in [3.05, 3.63) is 57.9 Å². The SMILES string of the molecule is Cc1cc([C@@H]2CCCN2C(=O)c2c(-c3c(F)cccc3Cl)noc2C)no1. The van der Waals surface area contributed by atoms with Crippen molar-refractivity contribution in [2.75, 3.05) is 6.54 Å². The molecule has 1 aliphatic heterocycles. The first kappa shape index (κ1) is 17.7. The molecule has 8 heteroatoms. The summed E-state index contributed by atoms with van der Waals surface area (Å²) in [4.78, 5) is 15.0. The normalized spacial score (nSPS) is 16.9. The molecule has 1 atom stereocenters. The Balaban J connectivity index is 1.76. The molecule has 1 aliphatic rings. The maximum atomic E-state index is 14.4. The van der Waals surface area contributed by atoms with Gasteiger partial charge >= 0.3 is 0 Å². The van der Waals surface area contributed by atoms with Gasteiger partial charge in [0, 0.05) is 12.6 Å². The number of carbonyl (C=O) groups is 1. The van der Waals surface area contributed by atoms with Gasteiger partial charge in [-0.2, -0.15) is 0 Å². The fraction of sp³-hybridized carbons (Fsp3) is 0.316. The molecular formula is C19H17ClFN3O3. The van der Waals surface area contributed by atoms with E-state index in [1.165, 1.54) is 12.1 Å². The minimum absolute atomic E-state index is 0.0624. The first-order chi connectivity index (χ1) is 13.0. The topological polar surface area (TPSA) is 72.4 Å². The average Bonchev–Trinajstić information content (AvgIpc) is 3.34. The van der Waals surface area contributed by atoms with Crippen LogP contribution in [-0.2, 0) is 0 Å². The van der Waals surface area contributed by atoms with E-state index < -0.39 is 5.82 Å². The first-order valence-corrected chi connectivity index (χ1v) is 9.00. The monoisotopic (exact) mass is 389 g/mol. The van der Waals surface area contributed by atoms with Crippen molar-refractivity contribution in [3.8, 4) is 11.3 Å². The fourth-order valence-electron chi connectivity index (χ4n) is 3.52. The average molecular weight is 390 g/mol. The number of halogens is 2. The molecule has 0 aliphatic carbocycles. The lowest BCUT2D eigenvalue weighted by Gasteiger charge is -2.23. The van der Waals surface area contributed by atoms with E-state index in [0.717, 1.165) is 12.8 Å². The van der Waals surface area contributed by atoms with E-state index in [9.17, 15) is 9.18 Å². The zero-order chi connectivity index (χ0) is 19.1. The Hall–Kier alpha value is -2.67. The molecule has 27 heavy (non-hydrogen) atoms. The summed E-state index contributed by atoms with van der Waals surface area (Å²) < 4.78 is 24.8. The van der Waals surface area contributed by atoms with Crippen molar-refractivity contribution < 1.29 is 18.2 Å². The van der Waals surface area contributed by atoms with Crippen molar-refractivity contribution in [1.82, 2.24) is 15.2 Å². The second-order valence-corrected chi connectivity index (χ2v) is 6.99. The molecule has 1 fully saturated rings. The van der Waals surface area contributed by atoms with Crippen LogP contribution >= 0.6 is 11.6 Å².